The number of methoxy groups -OCH3 is 1. The number of ether oxygens (including phenoxy) is 1. The van der Waals surface area contributed by atoms with Crippen molar-refractivity contribution in [2.45, 2.75) is 0 Å². The minimum absolute atomic E-state index is 0.0348. The van der Waals surface area contributed by atoms with Crippen molar-refractivity contribution in [3.05, 3.63) is 68.7 Å². The van der Waals surface area contributed by atoms with Crippen LogP contribution in [0.25, 0.3) is 0 Å². The minimum Gasteiger partial charge on any atom is -0.496 e. The van der Waals surface area contributed by atoms with E-state index < -0.39 is 16.7 Å². The predicted octanol–water partition coefficient (Wildman–Crippen LogP) is 2.33. The smallest absolute Gasteiger partial charge is 0.273 e. The van der Waals surface area contributed by atoms with Gasteiger partial charge in [-0.3, -0.25) is 30.6 Å². The highest BCUT2D eigenvalue weighted by Gasteiger charge is 2.15. The first-order chi connectivity index (χ1) is 11.4. The van der Waals surface area contributed by atoms with E-state index in [1.165, 1.54) is 43.5 Å². The summed E-state index contributed by atoms with van der Waals surface area (Å²) < 4.78 is 5.05. The summed E-state index contributed by atoms with van der Waals surface area (Å²) in [5.74, 6) is -1.08. The third-order valence-corrected chi connectivity index (χ3v) is 3.25. The number of non-ortho nitro benzene ring substituents is 1. The maximum atomic E-state index is 12.1. The highest BCUT2D eigenvalue weighted by Crippen LogP contribution is 2.22. The van der Waals surface area contributed by atoms with E-state index in [2.05, 4.69) is 10.9 Å². The number of halogens is 1. The summed E-state index contributed by atoms with van der Waals surface area (Å²) in [6, 6.07) is 9.52. The molecule has 2 rings (SSSR count). The van der Waals surface area contributed by atoms with Gasteiger partial charge in [-0.25, -0.2) is 0 Å². The second kappa shape index (κ2) is 7.42. The summed E-state index contributed by atoms with van der Waals surface area (Å²) in [4.78, 5) is 34.1. The van der Waals surface area contributed by atoms with Crippen LogP contribution < -0.4 is 15.6 Å². The number of carbonyl (C=O) groups is 2. The van der Waals surface area contributed by atoms with Gasteiger partial charge in [-0.15, -0.1) is 0 Å². The molecular weight excluding hydrogens is 338 g/mol. The molecule has 0 fully saturated rings. The lowest BCUT2D eigenvalue weighted by Crippen LogP contribution is -2.41. The van der Waals surface area contributed by atoms with Crippen LogP contribution in [0.1, 0.15) is 20.7 Å². The molecule has 2 N–H and O–H groups in total. The first kappa shape index (κ1) is 17.2. The fourth-order valence-corrected chi connectivity index (χ4v) is 2.03. The molecule has 2 amide bonds. The Bertz CT molecular complexity index is 809. The van der Waals surface area contributed by atoms with Crippen molar-refractivity contribution in [1.29, 1.82) is 0 Å². The Hall–Kier alpha value is -3.13. The Balaban J connectivity index is 2.08. The van der Waals surface area contributed by atoms with Gasteiger partial charge in [0, 0.05) is 22.7 Å². The number of nitro groups is 1. The van der Waals surface area contributed by atoms with E-state index in [0.717, 1.165) is 6.07 Å². The third kappa shape index (κ3) is 3.99. The molecule has 0 radical (unpaired) electrons. The average molecular weight is 350 g/mol. The molecule has 2 aromatic rings. The van der Waals surface area contributed by atoms with Gasteiger partial charge in [-0.2, -0.15) is 0 Å². The lowest BCUT2D eigenvalue weighted by molar-refractivity contribution is -0.384. The van der Waals surface area contributed by atoms with Gasteiger partial charge in [-0.1, -0.05) is 17.7 Å². The molecule has 0 unspecified atom stereocenters. The van der Waals surface area contributed by atoms with Crippen molar-refractivity contribution in [2.75, 3.05) is 7.11 Å². The number of rotatable bonds is 4. The van der Waals surface area contributed by atoms with Crippen molar-refractivity contribution in [1.82, 2.24) is 10.9 Å². The quantitative estimate of drug-likeness (QED) is 0.650. The van der Waals surface area contributed by atoms with Crippen molar-refractivity contribution < 1.29 is 19.2 Å². The van der Waals surface area contributed by atoms with Gasteiger partial charge in [0.2, 0.25) is 0 Å². The number of carbonyl (C=O) groups excluding carboxylic acids is 2. The number of amides is 2. The maximum Gasteiger partial charge on any atom is 0.273 e. The standard InChI is InChI=1S/C15H12ClN3O5/c1-24-13-8-10(16)5-6-12(13)15(21)18-17-14(20)9-3-2-4-11(7-9)19(22)23/h2-8H,1H3,(H,17,20)(H,18,21). The molecule has 0 aliphatic heterocycles. The van der Waals surface area contributed by atoms with Gasteiger partial charge in [0.1, 0.15) is 5.75 Å². The van der Waals surface area contributed by atoms with Crippen LogP contribution in [-0.4, -0.2) is 23.8 Å². The second-order valence-corrected chi connectivity index (χ2v) is 5.00. The zero-order valence-corrected chi connectivity index (χ0v) is 13.2. The topological polar surface area (TPSA) is 111 Å². The third-order valence-electron chi connectivity index (χ3n) is 3.02. The Labute approximate surface area is 141 Å². The molecule has 0 heterocycles. The van der Waals surface area contributed by atoms with Gasteiger partial charge in [0.15, 0.2) is 0 Å². The maximum absolute atomic E-state index is 12.1. The molecule has 0 aromatic heterocycles. The van der Waals surface area contributed by atoms with E-state index in [-0.39, 0.29) is 22.6 Å². The molecule has 24 heavy (non-hydrogen) atoms. The molecule has 8 nitrogen and oxygen atoms in total. The average Bonchev–Trinajstić information content (AvgIpc) is 2.59. The van der Waals surface area contributed by atoms with E-state index in [4.69, 9.17) is 16.3 Å². The van der Waals surface area contributed by atoms with Gasteiger partial charge < -0.3 is 4.74 Å². The van der Waals surface area contributed by atoms with Crippen molar-refractivity contribution >= 4 is 29.1 Å². The number of hydrazine groups is 1. The van der Waals surface area contributed by atoms with Gasteiger partial charge >= 0.3 is 0 Å². The fourth-order valence-electron chi connectivity index (χ4n) is 1.87. The Morgan fingerprint density at radius 3 is 2.50 bits per heavy atom. The highest BCUT2D eigenvalue weighted by atomic mass is 35.5. The number of hydrogen-bond acceptors (Lipinski definition) is 5. The fraction of sp³-hybridized carbons (Fsp3) is 0.0667. The van der Waals surface area contributed by atoms with E-state index in [1.807, 2.05) is 0 Å². The zero-order chi connectivity index (χ0) is 17.7. The molecule has 0 saturated heterocycles. The van der Waals surface area contributed by atoms with Crippen LogP contribution in [0, 0.1) is 10.1 Å². The van der Waals surface area contributed by atoms with E-state index >= 15 is 0 Å². The molecule has 9 heteroatoms. The van der Waals surface area contributed by atoms with Gasteiger partial charge in [-0.05, 0) is 24.3 Å². The van der Waals surface area contributed by atoms with Crippen LogP contribution in [0.2, 0.25) is 5.02 Å². The van der Waals surface area contributed by atoms with E-state index in [1.54, 1.807) is 0 Å². The van der Waals surface area contributed by atoms with Crippen LogP contribution in [0.4, 0.5) is 5.69 Å². The Morgan fingerprint density at radius 2 is 1.83 bits per heavy atom. The zero-order valence-electron chi connectivity index (χ0n) is 12.4. The highest BCUT2D eigenvalue weighted by molar-refractivity contribution is 6.30. The number of hydrogen-bond donors (Lipinski definition) is 2. The van der Waals surface area contributed by atoms with Crippen LogP contribution >= 0.6 is 11.6 Å². The largest absolute Gasteiger partial charge is 0.496 e. The number of nitro benzene ring substituents is 1. The van der Waals surface area contributed by atoms with Gasteiger partial charge in [0.25, 0.3) is 17.5 Å². The predicted molar refractivity (Wildman–Crippen MR) is 86.0 cm³/mol. The van der Waals surface area contributed by atoms with Crippen molar-refractivity contribution in [3.8, 4) is 5.75 Å². The van der Waals surface area contributed by atoms with Crippen molar-refractivity contribution in [2.24, 2.45) is 0 Å². The SMILES string of the molecule is COc1cc(Cl)ccc1C(=O)NNC(=O)c1cccc([N+](=O)[O-])c1. The molecule has 0 aliphatic rings. The van der Waals surface area contributed by atoms with Crippen molar-refractivity contribution in [3.63, 3.8) is 0 Å². The van der Waals surface area contributed by atoms with Crippen LogP contribution in [0.15, 0.2) is 42.5 Å². The van der Waals surface area contributed by atoms with Crippen LogP contribution in [0.3, 0.4) is 0 Å². The van der Waals surface area contributed by atoms with Crippen LogP contribution in [-0.2, 0) is 0 Å². The van der Waals surface area contributed by atoms with E-state index in [9.17, 15) is 19.7 Å². The molecule has 2 aromatic carbocycles. The first-order valence-corrected chi connectivity index (χ1v) is 6.99. The molecule has 0 atom stereocenters. The summed E-state index contributed by atoms with van der Waals surface area (Å²) in [5, 5.41) is 11.1. The molecule has 0 saturated carbocycles. The normalized spacial score (nSPS) is 9.92. The Morgan fingerprint density at radius 1 is 1.12 bits per heavy atom. The lowest BCUT2D eigenvalue weighted by atomic mass is 10.2. The summed E-state index contributed by atoms with van der Waals surface area (Å²) in [6.07, 6.45) is 0. The minimum atomic E-state index is -0.694. The molecule has 0 aliphatic carbocycles. The molecule has 0 spiro atoms. The number of benzene rings is 2. The monoisotopic (exact) mass is 349 g/mol. The second-order valence-electron chi connectivity index (χ2n) is 4.56. The summed E-state index contributed by atoms with van der Waals surface area (Å²) in [6.45, 7) is 0. The lowest BCUT2D eigenvalue weighted by Gasteiger charge is -2.10. The number of nitrogens with zero attached hydrogens (tertiary/aromatic N) is 1. The summed E-state index contributed by atoms with van der Waals surface area (Å²) >= 11 is 5.81. The molecule has 0 bridgehead atoms. The first-order valence-electron chi connectivity index (χ1n) is 6.61. The van der Waals surface area contributed by atoms with Crippen LogP contribution in [0.5, 0.6) is 5.75 Å². The molecular formula is C15H12ClN3O5. The van der Waals surface area contributed by atoms with Gasteiger partial charge in [0.05, 0.1) is 17.6 Å². The summed E-state index contributed by atoms with van der Waals surface area (Å²) in [5.41, 5.74) is 4.36. The molecule has 124 valence electrons. The summed E-state index contributed by atoms with van der Waals surface area (Å²) in [7, 11) is 1.38. The number of nitrogens with one attached hydrogen (secondary N) is 2. The van der Waals surface area contributed by atoms with E-state index in [0.29, 0.717) is 5.02 Å². The Kier molecular flexibility index (Phi) is 5.33.